The molecule has 1 aliphatic carbocycles. The zero-order chi connectivity index (χ0) is 9.10. The van der Waals surface area contributed by atoms with Crippen LogP contribution in [0.15, 0.2) is 0 Å². The Hall–Kier alpha value is 0.310. The molecule has 1 aliphatic heterocycles. The highest BCUT2D eigenvalue weighted by molar-refractivity contribution is 7.99. The van der Waals surface area contributed by atoms with Crippen molar-refractivity contribution in [2.45, 2.75) is 37.4 Å². The predicted octanol–water partition coefficient (Wildman–Crippen LogP) is 2.52. The summed E-state index contributed by atoms with van der Waals surface area (Å²) >= 11 is 2.24. The van der Waals surface area contributed by atoms with Gasteiger partial charge in [0.2, 0.25) is 0 Å². The van der Waals surface area contributed by atoms with E-state index in [-0.39, 0.29) is 0 Å². The van der Waals surface area contributed by atoms with Crippen molar-refractivity contribution in [2.75, 3.05) is 19.3 Å². The molecule has 1 heterocycles. The van der Waals surface area contributed by atoms with Gasteiger partial charge < -0.3 is 5.32 Å². The van der Waals surface area contributed by atoms with E-state index in [1.165, 1.54) is 44.4 Å². The van der Waals surface area contributed by atoms with Crippen molar-refractivity contribution in [1.82, 2.24) is 5.32 Å². The first-order chi connectivity index (χ1) is 6.42. The monoisotopic (exact) mass is 199 g/mol. The summed E-state index contributed by atoms with van der Waals surface area (Å²) in [6.45, 7) is 1.25. The minimum Gasteiger partial charge on any atom is -0.319 e. The minimum atomic E-state index is 0.980. The molecule has 1 saturated heterocycles. The van der Waals surface area contributed by atoms with Crippen molar-refractivity contribution >= 4 is 11.8 Å². The third-order valence-corrected chi connectivity index (χ3v) is 4.90. The molecular weight excluding hydrogens is 178 g/mol. The first kappa shape index (κ1) is 9.85. The average Bonchev–Trinajstić information content (AvgIpc) is 2.99. The van der Waals surface area contributed by atoms with Crippen LogP contribution in [0.3, 0.4) is 0 Å². The topological polar surface area (TPSA) is 12.0 Å². The van der Waals surface area contributed by atoms with Crippen LogP contribution in [0.2, 0.25) is 0 Å². The Morgan fingerprint density at radius 3 is 2.69 bits per heavy atom. The minimum absolute atomic E-state index is 0.980. The Morgan fingerprint density at radius 1 is 1.31 bits per heavy atom. The molecule has 13 heavy (non-hydrogen) atoms. The fourth-order valence-electron chi connectivity index (χ4n) is 2.47. The fraction of sp³-hybridized carbons (Fsp3) is 1.00. The maximum atomic E-state index is 3.37. The standard InChI is InChI=1S/C11H21NS/c1-12-8-10(9-5-6-9)11-4-2-3-7-13-11/h9-12H,2-8H2,1H3. The van der Waals surface area contributed by atoms with Gasteiger partial charge in [-0.1, -0.05) is 6.42 Å². The summed E-state index contributed by atoms with van der Waals surface area (Å²) in [5.74, 6) is 3.47. The highest BCUT2D eigenvalue weighted by Crippen LogP contribution is 2.44. The molecule has 0 aromatic carbocycles. The van der Waals surface area contributed by atoms with E-state index < -0.39 is 0 Å². The van der Waals surface area contributed by atoms with Crippen molar-refractivity contribution in [3.05, 3.63) is 0 Å². The molecule has 0 aromatic heterocycles. The normalized spacial score (nSPS) is 31.6. The summed E-state index contributed by atoms with van der Waals surface area (Å²) < 4.78 is 0. The van der Waals surface area contributed by atoms with E-state index in [2.05, 4.69) is 24.1 Å². The first-order valence-corrected chi connectivity index (χ1v) is 6.73. The lowest BCUT2D eigenvalue weighted by molar-refractivity contribution is 0.401. The molecule has 2 heteroatoms. The maximum absolute atomic E-state index is 3.37. The van der Waals surface area contributed by atoms with Gasteiger partial charge in [-0.05, 0) is 56.9 Å². The van der Waals surface area contributed by atoms with E-state index in [4.69, 9.17) is 0 Å². The Labute approximate surface area is 86.0 Å². The van der Waals surface area contributed by atoms with Crippen LogP contribution in [0.1, 0.15) is 32.1 Å². The van der Waals surface area contributed by atoms with Crippen molar-refractivity contribution in [2.24, 2.45) is 11.8 Å². The molecule has 0 bridgehead atoms. The van der Waals surface area contributed by atoms with Gasteiger partial charge in [0.1, 0.15) is 0 Å². The zero-order valence-corrected chi connectivity index (χ0v) is 9.41. The number of nitrogens with one attached hydrogen (secondary N) is 1. The van der Waals surface area contributed by atoms with Gasteiger partial charge in [-0.3, -0.25) is 0 Å². The first-order valence-electron chi connectivity index (χ1n) is 5.68. The van der Waals surface area contributed by atoms with Crippen LogP contribution in [0, 0.1) is 11.8 Å². The second-order valence-corrected chi connectivity index (χ2v) is 5.81. The van der Waals surface area contributed by atoms with Gasteiger partial charge >= 0.3 is 0 Å². The molecule has 0 spiro atoms. The molecular formula is C11H21NS. The molecule has 2 atom stereocenters. The number of hydrogen-bond donors (Lipinski definition) is 1. The molecule has 2 rings (SSSR count). The Bertz CT molecular complexity index is 150. The van der Waals surface area contributed by atoms with E-state index in [0.29, 0.717) is 0 Å². The average molecular weight is 199 g/mol. The molecule has 1 N–H and O–H groups in total. The third-order valence-electron chi connectivity index (χ3n) is 3.36. The SMILES string of the molecule is CNCC(C1CC1)C1CCCCS1. The number of hydrogen-bond acceptors (Lipinski definition) is 2. The van der Waals surface area contributed by atoms with Crippen LogP contribution in [-0.2, 0) is 0 Å². The van der Waals surface area contributed by atoms with Crippen molar-refractivity contribution in [3.8, 4) is 0 Å². The molecule has 1 saturated carbocycles. The van der Waals surface area contributed by atoms with Gasteiger partial charge in [0, 0.05) is 5.25 Å². The molecule has 2 fully saturated rings. The summed E-state index contributed by atoms with van der Waals surface area (Å²) in [6.07, 6.45) is 7.42. The quantitative estimate of drug-likeness (QED) is 0.746. The molecule has 0 aromatic rings. The van der Waals surface area contributed by atoms with Gasteiger partial charge in [-0.2, -0.15) is 11.8 Å². The second-order valence-electron chi connectivity index (χ2n) is 4.46. The van der Waals surface area contributed by atoms with E-state index >= 15 is 0 Å². The van der Waals surface area contributed by atoms with Crippen LogP contribution >= 0.6 is 11.8 Å². The lowest BCUT2D eigenvalue weighted by Gasteiger charge is -2.29. The number of thioether (sulfide) groups is 1. The van der Waals surface area contributed by atoms with Crippen LogP contribution in [-0.4, -0.2) is 24.6 Å². The summed E-state index contributed by atoms with van der Waals surface area (Å²) in [7, 11) is 2.10. The molecule has 0 amide bonds. The van der Waals surface area contributed by atoms with Crippen LogP contribution in [0.4, 0.5) is 0 Å². The lowest BCUT2D eigenvalue weighted by Crippen LogP contribution is -2.31. The van der Waals surface area contributed by atoms with Gasteiger partial charge in [0.05, 0.1) is 0 Å². The van der Waals surface area contributed by atoms with E-state index in [0.717, 1.165) is 17.1 Å². The molecule has 2 unspecified atom stereocenters. The fourth-order valence-corrected chi connectivity index (χ4v) is 4.04. The Balaban J connectivity index is 1.84. The van der Waals surface area contributed by atoms with Crippen LogP contribution < -0.4 is 5.32 Å². The van der Waals surface area contributed by atoms with Crippen molar-refractivity contribution < 1.29 is 0 Å². The van der Waals surface area contributed by atoms with Gasteiger partial charge in [-0.25, -0.2) is 0 Å². The van der Waals surface area contributed by atoms with E-state index in [1.807, 2.05) is 0 Å². The summed E-state index contributed by atoms with van der Waals surface area (Å²) in [6, 6.07) is 0. The van der Waals surface area contributed by atoms with Crippen LogP contribution in [0.5, 0.6) is 0 Å². The highest BCUT2D eigenvalue weighted by atomic mass is 32.2. The van der Waals surface area contributed by atoms with E-state index in [9.17, 15) is 0 Å². The summed E-state index contributed by atoms with van der Waals surface area (Å²) in [5.41, 5.74) is 0. The number of rotatable bonds is 4. The molecule has 1 nitrogen and oxygen atoms in total. The maximum Gasteiger partial charge on any atom is 0.00900 e. The summed E-state index contributed by atoms with van der Waals surface area (Å²) in [5, 5.41) is 4.35. The lowest BCUT2D eigenvalue weighted by atomic mass is 9.95. The largest absolute Gasteiger partial charge is 0.319 e. The van der Waals surface area contributed by atoms with Gasteiger partial charge in [-0.15, -0.1) is 0 Å². The van der Waals surface area contributed by atoms with Crippen molar-refractivity contribution in [1.29, 1.82) is 0 Å². The molecule has 2 aliphatic rings. The van der Waals surface area contributed by atoms with Gasteiger partial charge in [0.15, 0.2) is 0 Å². The molecule has 76 valence electrons. The second kappa shape index (κ2) is 4.70. The predicted molar refractivity (Wildman–Crippen MR) is 60.2 cm³/mol. The summed E-state index contributed by atoms with van der Waals surface area (Å²) in [4.78, 5) is 0. The Kier molecular flexibility index (Phi) is 3.56. The van der Waals surface area contributed by atoms with Crippen LogP contribution in [0.25, 0.3) is 0 Å². The van der Waals surface area contributed by atoms with E-state index in [1.54, 1.807) is 0 Å². The third kappa shape index (κ3) is 2.63. The zero-order valence-electron chi connectivity index (χ0n) is 8.59. The smallest absolute Gasteiger partial charge is 0.00900 e. The van der Waals surface area contributed by atoms with Gasteiger partial charge in [0.25, 0.3) is 0 Å². The molecule has 0 radical (unpaired) electrons. The van der Waals surface area contributed by atoms with Crippen molar-refractivity contribution in [3.63, 3.8) is 0 Å². The highest BCUT2D eigenvalue weighted by Gasteiger charge is 2.36. The Morgan fingerprint density at radius 2 is 2.15 bits per heavy atom.